The number of hydrogen-bond donors (Lipinski definition) is 2. The Morgan fingerprint density at radius 3 is 2.44 bits per heavy atom. The number of aliphatic hydroxyl groups excluding tert-OH is 1. The molecule has 2 aromatic carbocycles. The van der Waals surface area contributed by atoms with Gasteiger partial charge < -0.3 is 14.8 Å². The van der Waals surface area contributed by atoms with E-state index in [1.54, 1.807) is 12.1 Å². The number of carboxylic acid groups (broad SMARTS) is 1. The van der Waals surface area contributed by atoms with E-state index < -0.39 is 23.8 Å². The van der Waals surface area contributed by atoms with Crippen LogP contribution in [-0.4, -0.2) is 20.7 Å². The first kappa shape index (κ1) is 16.6. The summed E-state index contributed by atoms with van der Waals surface area (Å²) in [6.07, 6.45) is 0.304. The Labute approximate surface area is 141 Å². The number of halogens is 2. The number of hydrogen-bond acceptors (Lipinski definition) is 3. The van der Waals surface area contributed by atoms with E-state index in [0.717, 1.165) is 12.1 Å². The normalized spacial score (nSPS) is 12.1. The van der Waals surface area contributed by atoms with Gasteiger partial charge in [-0.3, -0.25) is 0 Å². The second-order valence-electron chi connectivity index (χ2n) is 5.53. The Kier molecular flexibility index (Phi) is 4.21. The number of aromatic carboxylic acids is 1. The standard InChI is InChI=1S/C18H12F2N2O3/c19-14-6-13-12(8-21)9-22(16(13)7-15(14)20)17(23)5-10-1-3-11(4-2-10)18(24)25/h1-4,6-7,9,17,23H,5H2,(H,24,25). The van der Waals surface area contributed by atoms with Gasteiger partial charge in [0.15, 0.2) is 11.6 Å². The van der Waals surface area contributed by atoms with Crippen LogP contribution in [0.4, 0.5) is 8.78 Å². The minimum Gasteiger partial charge on any atom is -0.478 e. The third-order valence-electron chi connectivity index (χ3n) is 3.94. The number of carboxylic acids is 1. The molecule has 1 aromatic heterocycles. The molecular weight excluding hydrogens is 330 g/mol. The Hall–Kier alpha value is -3.24. The average Bonchev–Trinajstić information content (AvgIpc) is 2.93. The fourth-order valence-electron chi connectivity index (χ4n) is 2.67. The second kappa shape index (κ2) is 6.34. The maximum atomic E-state index is 13.5. The molecule has 0 bridgehead atoms. The third kappa shape index (κ3) is 3.07. The molecule has 1 unspecified atom stereocenters. The van der Waals surface area contributed by atoms with Crippen molar-refractivity contribution < 1.29 is 23.8 Å². The predicted octanol–water partition coefficient (Wildman–Crippen LogP) is 3.22. The summed E-state index contributed by atoms with van der Waals surface area (Å²) in [6, 6.07) is 9.69. The van der Waals surface area contributed by atoms with Crippen LogP contribution in [0.3, 0.4) is 0 Å². The van der Waals surface area contributed by atoms with Crippen molar-refractivity contribution in [3.8, 4) is 6.07 Å². The Morgan fingerprint density at radius 1 is 1.20 bits per heavy atom. The molecule has 0 aliphatic carbocycles. The van der Waals surface area contributed by atoms with E-state index in [0.29, 0.717) is 5.56 Å². The van der Waals surface area contributed by atoms with E-state index in [-0.39, 0.29) is 28.5 Å². The molecular formula is C18H12F2N2O3. The lowest BCUT2D eigenvalue weighted by molar-refractivity contribution is 0.0697. The first-order valence-electron chi connectivity index (χ1n) is 7.30. The first-order chi connectivity index (χ1) is 11.9. The van der Waals surface area contributed by atoms with Gasteiger partial charge in [-0.1, -0.05) is 12.1 Å². The van der Waals surface area contributed by atoms with Gasteiger partial charge in [-0.25, -0.2) is 13.6 Å². The molecule has 7 heteroatoms. The highest BCUT2D eigenvalue weighted by Gasteiger charge is 2.17. The lowest BCUT2D eigenvalue weighted by Gasteiger charge is -2.14. The number of nitrogens with zero attached hydrogens (tertiary/aromatic N) is 2. The van der Waals surface area contributed by atoms with Crippen molar-refractivity contribution in [3.05, 3.63) is 70.9 Å². The van der Waals surface area contributed by atoms with Crippen LogP contribution in [0.2, 0.25) is 0 Å². The molecule has 0 fully saturated rings. The van der Waals surface area contributed by atoms with Gasteiger partial charge in [0.25, 0.3) is 0 Å². The molecule has 0 spiro atoms. The van der Waals surface area contributed by atoms with Gasteiger partial charge in [-0.05, 0) is 23.8 Å². The summed E-state index contributed by atoms with van der Waals surface area (Å²) in [5.41, 5.74) is 1.09. The molecule has 0 aliphatic heterocycles. The Balaban J connectivity index is 1.97. The third-order valence-corrected chi connectivity index (χ3v) is 3.94. The molecule has 126 valence electrons. The molecule has 0 amide bonds. The molecule has 0 saturated carbocycles. The zero-order chi connectivity index (χ0) is 18.1. The zero-order valence-electron chi connectivity index (χ0n) is 12.8. The molecule has 3 aromatic rings. The lowest BCUT2D eigenvalue weighted by atomic mass is 10.1. The fraction of sp³-hybridized carbons (Fsp3) is 0.111. The highest BCUT2D eigenvalue weighted by molar-refractivity contribution is 5.87. The number of aromatic nitrogens is 1. The fourth-order valence-corrected chi connectivity index (χ4v) is 2.67. The van der Waals surface area contributed by atoms with Crippen molar-refractivity contribution >= 4 is 16.9 Å². The summed E-state index contributed by atoms with van der Waals surface area (Å²) >= 11 is 0. The van der Waals surface area contributed by atoms with Gasteiger partial charge in [-0.2, -0.15) is 5.26 Å². The summed E-state index contributed by atoms with van der Waals surface area (Å²) in [4.78, 5) is 10.8. The highest BCUT2D eigenvalue weighted by atomic mass is 19.2. The second-order valence-corrected chi connectivity index (χ2v) is 5.53. The van der Waals surface area contributed by atoms with Gasteiger partial charge in [-0.15, -0.1) is 0 Å². The number of rotatable bonds is 4. The number of nitriles is 1. The van der Waals surface area contributed by atoms with Crippen LogP contribution < -0.4 is 0 Å². The number of benzene rings is 2. The van der Waals surface area contributed by atoms with Crippen LogP contribution in [0.1, 0.15) is 27.7 Å². The molecule has 0 aliphatic rings. The van der Waals surface area contributed by atoms with Crippen LogP contribution >= 0.6 is 0 Å². The minimum atomic E-state index is -1.13. The molecule has 2 N–H and O–H groups in total. The van der Waals surface area contributed by atoms with E-state index >= 15 is 0 Å². The van der Waals surface area contributed by atoms with E-state index in [1.807, 2.05) is 6.07 Å². The quantitative estimate of drug-likeness (QED) is 0.762. The van der Waals surface area contributed by atoms with E-state index in [1.165, 1.54) is 22.9 Å². The molecule has 25 heavy (non-hydrogen) atoms. The highest BCUT2D eigenvalue weighted by Crippen LogP contribution is 2.27. The van der Waals surface area contributed by atoms with Gasteiger partial charge in [0.2, 0.25) is 0 Å². The first-order valence-corrected chi connectivity index (χ1v) is 7.30. The molecule has 5 nitrogen and oxygen atoms in total. The summed E-state index contributed by atoms with van der Waals surface area (Å²) in [6.45, 7) is 0. The van der Waals surface area contributed by atoms with Crippen molar-refractivity contribution in [2.75, 3.05) is 0 Å². The maximum absolute atomic E-state index is 13.5. The average molecular weight is 342 g/mol. The van der Waals surface area contributed by atoms with Gasteiger partial charge in [0, 0.05) is 24.1 Å². The minimum absolute atomic E-state index is 0.105. The van der Waals surface area contributed by atoms with Gasteiger partial charge >= 0.3 is 5.97 Å². The van der Waals surface area contributed by atoms with Crippen LogP contribution in [-0.2, 0) is 6.42 Å². The predicted molar refractivity (Wildman–Crippen MR) is 84.9 cm³/mol. The zero-order valence-corrected chi connectivity index (χ0v) is 12.8. The molecule has 1 heterocycles. The van der Waals surface area contributed by atoms with Crippen LogP contribution in [0.5, 0.6) is 0 Å². The lowest BCUT2D eigenvalue weighted by Crippen LogP contribution is -2.10. The van der Waals surface area contributed by atoms with Crippen molar-refractivity contribution in [1.29, 1.82) is 5.26 Å². The van der Waals surface area contributed by atoms with Crippen LogP contribution in [0.15, 0.2) is 42.6 Å². The van der Waals surface area contributed by atoms with Crippen molar-refractivity contribution in [2.24, 2.45) is 0 Å². The number of fused-ring (bicyclic) bond motifs is 1. The van der Waals surface area contributed by atoms with Crippen molar-refractivity contribution in [1.82, 2.24) is 4.57 Å². The SMILES string of the molecule is N#Cc1cn(C(O)Cc2ccc(C(=O)O)cc2)c2cc(F)c(F)cc12. The van der Waals surface area contributed by atoms with E-state index in [9.17, 15) is 18.7 Å². The Bertz CT molecular complexity index is 1000. The Morgan fingerprint density at radius 2 is 1.84 bits per heavy atom. The summed E-state index contributed by atoms with van der Waals surface area (Å²) < 4.78 is 28.3. The van der Waals surface area contributed by atoms with E-state index in [2.05, 4.69) is 0 Å². The van der Waals surface area contributed by atoms with Crippen LogP contribution in [0.25, 0.3) is 10.9 Å². The van der Waals surface area contributed by atoms with E-state index in [4.69, 9.17) is 10.4 Å². The summed E-state index contributed by atoms with van der Waals surface area (Å²) in [7, 11) is 0. The monoisotopic (exact) mass is 342 g/mol. The number of carbonyl (C=O) groups is 1. The van der Waals surface area contributed by atoms with Crippen molar-refractivity contribution in [3.63, 3.8) is 0 Å². The van der Waals surface area contributed by atoms with Gasteiger partial charge in [0.05, 0.1) is 16.6 Å². The number of aliphatic hydroxyl groups is 1. The smallest absolute Gasteiger partial charge is 0.335 e. The maximum Gasteiger partial charge on any atom is 0.335 e. The molecule has 3 rings (SSSR count). The largest absolute Gasteiger partial charge is 0.478 e. The summed E-state index contributed by atoms with van der Waals surface area (Å²) in [5.74, 6) is -3.20. The van der Waals surface area contributed by atoms with Crippen LogP contribution in [0, 0.1) is 23.0 Å². The summed E-state index contributed by atoms with van der Waals surface area (Å²) in [5, 5.41) is 28.7. The van der Waals surface area contributed by atoms with Gasteiger partial charge in [0.1, 0.15) is 12.3 Å². The molecule has 1 atom stereocenters. The van der Waals surface area contributed by atoms with Crippen molar-refractivity contribution in [2.45, 2.75) is 12.6 Å². The molecule has 0 saturated heterocycles. The molecule has 0 radical (unpaired) electrons. The topological polar surface area (TPSA) is 86.3 Å².